The fourth-order valence-corrected chi connectivity index (χ4v) is 2.68. The number of hydrazone groups is 1. The van der Waals surface area contributed by atoms with Gasteiger partial charge in [-0.15, -0.1) is 0 Å². The second-order valence-corrected chi connectivity index (χ2v) is 6.20. The first-order chi connectivity index (χ1) is 14.5. The van der Waals surface area contributed by atoms with Crippen LogP contribution in [0.25, 0.3) is 0 Å². The molecule has 1 unspecified atom stereocenters. The topological polar surface area (TPSA) is 113 Å². The number of guanidine groups is 1. The van der Waals surface area contributed by atoms with E-state index in [1.807, 2.05) is 0 Å². The van der Waals surface area contributed by atoms with Crippen molar-refractivity contribution >= 4 is 29.7 Å². The summed E-state index contributed by atoms with van der Waals surface area (Å²) in [7, 11) is 3.07. The molecule has 0 aromatic heterocycles. The Labute approximate surface area is 172 Å². The highest BCUT2D eigenvalue weighted by atomic mass is 19.1. The van der Waals surface area contributed by atoms with Gasteiger partial charge in [0.05, 0.1) is 32.5 Å². The lowest BCUT2D eigenvalue weighted by Gasteiger charge is -2.07. The number of rotatable bonds is 7. The molecule has 10 heteroatoms. The number of carbonyl (C=O) groups excluding carboxylic acids is 2. The molecule has 2 amide bonds. The quantitative estimate of drug-likeness (QED) is 0.472. The fourth-order valence-electron chi connectivity index (χ4n) is 2.68. The second-order valence-electron chi connectivity index (χ2n) is 6.20. The minimum atomic E-state index is -0.935. The molecule has 0 radical (unpaired) electrons. The third-order valence-electron chi connectivity index (χ3n) is 4.15. The van der Waals surface area contributed by atoms with Gasteiger partial charge >= 0.3 is 0 Å². The van der Waals surface area contributed by atoms with Gasteiger partial charge in [-0.3, -0.25) is 14.9 Å². The number of para-hydroxylation sites is 1. The summed E-state index contributed by atoms with van der Waals surface area (Å²) in [5.41, 5.74) is 3.38. The molecule has 2 aromatic rings. The number of benzene rings is 2. The van der Waals surface area contributed by atoms with Gasteiger partial charge in [0.2, 0.25) is 11.9 Å². The SMILES string of the molecule is COc1ccc(/C=N/NC2=NC(CC(=O)Nc3ccccc3F)C(=O)N2)cc1OC. The Balaban J connectivity index is 1.57. The van der Waals surface area contributed by atoms with Crippen LogP contribution in [0.2, 0.25) is 0 Å². The van der Waals surface area contributed by atoms with Crippen LogP contribution in [0.5, 0.6) is 11.5 Å². The molecule has 1 aliphatic rings. The highest BCUT2D eigenvalue weighted by Crippen LogP contribution is 2.26. The molecule has 0 aliphatic carbocycles. The third kappa shape index (κ3) is 5.10. The molecule has 3 rings (SSSR count). The minimum absolute atomic E-state index is 0.0442. The summed E-state index contributed by atoms with van der Waals surface area (Å²) in [5, 5.41) is 8.94. The molecule has 0 spiro atoms. The van der Waals surface area contributed by atoms with Crippen LogP contribution < -0.4 is 25.5 Å². The van der Waals surface area contributed by atoms with Crippen LogP contribution in [0, 0.1) is 5.82 Å². The molecular weight excluding hydrogens is 393 g/mol. The van der Waals surface area contributed by atoms with Gasteiger partial charge in [0, 0.05) is 0 Å². The Morgan fingerprint density at radius 3 is 2.73 bits per heavy atom. The number of methoxy groups -OCH3 is 2. The minimum Gasteiger partial charge on any atom is -0.493 e. The number of nitrogens with zero attached hydrogens (tertiary/aromatic N) is 2. The lowest BCUT2D eigenvalue weighted by atomic mass is 10.2. The number of ether oxygens (including phenoxy) is 2. The van der Waals surface area contributed by atoms with Gasteiger partial charge in [0.25, 0.3) is 5.91 Å². The van der Waals surface area contributed by atoms with E-state index in [0.717, 1.165) is 5.56 Å². The molecule has 30 heavy (non-hydrogen) atoms. The van der Waals surface area contributed by atoms with Crippen molar-refractivity contribution in [1.29, 1.82) is 0 Å². The highest BCUT2D eigenvalue weighted by Gasteiger charge is 2.28. The number of hydrogen-bond acceptors (Lipinski definition) is 7. The lowest BCUT2D eigenvalue weighted by Crippen LogP contribution is -2.35. The van der Waals surface area contributed by atoms with E-state index in [1.54, 1.807) is 31.4 Å². The summed E-state index contributed by atoms with van der Waals surface area (Å²) in [4.78, 5) is 28.2. The Kier molecular flexibility index (Phi) is 6.58. The zero-order valence-corrected chi connectivity index (χ0v) is 16.3. The van der Waals surface area contributed by atoms with Crippen LogP contribution in [0.3, 0.4) is 0 Å². The summed E-state index contributed by atoms with van der Waals surface area (Å²) in [5.74, 6) is -0.292. The molecule has 0 fully saturated rings. The number of amides is 2. The highest BCUT2D eigenvalue weighted by molar-refractivity contribution is 6.07. The van der Waals surface area contributed by atoms with Crippen LogP contribution in [0.1, 0.15) is 12.0 Å². The van der Waals surface area contributed by atoms with Gasteiger partial charge in [-0.05, 0) is 35.9 Å². The summed E-state index contributed by atoms with van der Waals surface area (Å²) < 4.78 is 24.0. The van der Waals surface area contributed by atoms with E-state index >= 15 is 0 Å². The van der Waals surface area contributed by atoms with Gasteiger partial charge in [0.1, 0.15) is 11.9 Å². The van der Waals surface area contributed by atoms with Gasteiger partial charge in [0.15, 0.2) is 11.5 Å². The number of carbonyl (C=O) groups is 2. The molecule has 9 nitrogen and oxygen atoms in total. The van der Waals surface area contributed by atoms with E-state index in [1.165, 1.54) is 31.5 Å². The van der Waals surface area contributed by atoms with Crippen molar-refractivity contribution in [3.05, 3.63) is 53.8 Å². The van der Waals surface area contributed by atoms with E-state index in [4.69, 9.17) is 9.47 Å². The average Bonchev–Trinajstić information content (AvgIpc) is 3.08. The van der Waals surface area contributed by atoms with Crippen LogP contribution in [-0.2, 0) is 9.59 Å². The molecular formula is C20H20FN5O4. The summed E-state index contributed by atoms with van der Waals surface area (Å²) >= 11 is 0. The molecule has 0 bridgehead atoms. The van der Waals surface area contributed by atoms with Crippen LogP contribution >= 0.6 is 0 Å². The number of halogens is 1. The Morgan fingerprint density at radius 1 is 1.23 bits per heavy atom. The van der Waals surface area contributed by atoms with Gasteiger partial charge in [-0.2, -0.15) is 5.10 Å². The van der Waals surface area contributed by atoms with E-state index in [0.29, 0.717) is 11.5 Å². The van der Waals surface area contributed by atoms with Crippen molar-refractivity contribution < 1.29 is 23.5 Å². The predicted molar refractivity (Wildman–Crippen MR) is 109 cm³/mol. The first-order valence-electron chi connectivity index (χ1n) is 8.94. The smallest absolute Gasteiger partial charge is 0.252 e. The van der Waals surface area contributed by atoms with Crippen molar-refractivity contribution in [2.24, 2.45) is 10.1 Å². The van der Waals surface area contributed by atoms with Crippen molar-refractivity contribution in [2.75, 3.05) is 19.5 Å². The molecule has 3 N–H and O–H groups in total. The van der Waals surface area contributed by atoms with E-state index in [-0.39, 0.29) is 18.1 Å². The first-order valence-corrected chi connectivity index (χ1v) is 8.94. The van der Waals surface area contributed by atoms with Gasteiger partial charge < -0.3 is 14.8 Å². The summed E-state index contributed by atoms with van der Waals surface area (Å²) in [6.07, 6.45) is 1.28. The molecule has 1 atom stereocenters. The normalized spacial score (nSPS) is 15.5. The average molecular weight is 413 g/mol. The summed E-state index contributed by atoms with van der Waals surface area (Å²) in [6.45, 7) is 0. The van der Waals surface area contributed by atoms with Crippen molar-refractivity contribution in [3.8, 4) is 11.5 Å². The van der Waals surface area contributed by atoms with Crippen molar-refractivity contribution in [2.45, 2.75) is 12.5 Å². The van der Waals surface area contributed by atoms with Gasteiger partial charge in [-0.25, -0.2) is 14.8 Å². The number of hydrogen-bond donors (Lipinski definition) is 3. The van der Waals surface area contributed by atoms with Crippen LogP contribution in [-0.4, -0.2) is 44.2 Å². The Bertz CT molecular complexity index is 1010. The zero-order valence-electron chi connectivity index (χ0n) is 16.3. The van der Waals surface area contributed by atoms with Crippen molar-refractivity contribution in [3.63, 3.8) is 0 Å². The van der Waals surface area contributed by atoms with E-state index < -0.39 is 23.7 Å². The fraction of sp³-hybridized carbons (Fsp3) is 0.200. The molecule has 0 saturated heterocycles. The molecule has 0 saturated carbocycles. The Hall–Kier alpha value is -3.95. The number of nitrogens with one attached hydrogen (secondary N) is 3. The molecule has 156 valence electrons. The van der Waals surface area contributed by atoms with E-state index in [9.17, 15) is 14.0 Å². The monoisotopic (exact) mass is 413 g/mol. The summed E-state index contributed by atoms with van der Waals surface area (Å²) in [6, 6.07) is 10.1. The standard InChI is InChI=1S/C20H20FN5O4/c1-29-16-8-7-12(9-17(16)30-2)11-22-26-20-24-15(19(28)25-20)10-18(27)23-14-6-4-3-5-13(14)21/h3-9,11,15H,10H2,1-2H3,(H,23,27)(H2,24,25,26,28)/b22-11+. The number of aliphatic imine (C=N–C) groups is 1. The largest absolute Gasteiger partial charge is 0.493 e. The maximum Gasteiger partial charge on any atom is 0.252 e. The number of anilines is 1. The molecule has 2 aromatic carbocycles. The van der Waals surface area contributed by atoms with Crippen LogP contribution in [0.4, 0.5) is 10.1 Å². The third-order valence-corrected chi connectivity index (χ3v) is 4.15. The maximum atomic E-state index is 13.6. The molecule has 1 aliphatic heterocycles. The molecule has 1 heterocycles. The first kappa shape index (κ1) is 20.8. The second kappa shape index (κ2) is 9.50. The predicted octanol–water partition coefficient (Wildman–Crippen LogP) is 1.65. The maximum absolute atomic E-state index is 13.6. The Morgan fingerprint density at radius 2 is 2.00 bits per heavy atom. The zero-order chi connectivity index (χ0) is 21.5. The van der Waals surface area contributed by atoms with Crippen molar-refractivity contribution in [1.82, 2.24) is 10.7 Å². The van der Waals surface area contributed by atoms with E-state index in [2.05, 4.69) is 26.2 Å². The van der Waals surface area contributed by atoms with Crippen LogP contribution in [0.15, 0.2) is 52.6 Å². The van der Waals surface area contributed by atoms with Gasteiger partial charge in [-0.1, -0.05) is 12.1 Å². The lowest BCUT2D eigenvalue weighted by molar-refractivity contribution is -0.123.